The van der Waals surface area contributed by atoms with Gasteiger partial charge in [0.25, 0.3) is 0 Å². The molecule has 8 heteroatoms. The zero-order valence-corrected chi connectivity index (χ0v) is 32.8. The molecule has 0 radical (unpaired) electrons. The van der Waals surface area contributed by atoms with E-state index in [1.165, 1.54) is 13.8 Å². The molecule has 2 unspecified atom stereocenters. The van der Waals surface area contributed by atoms with E-state index in [1.807, 2.05) is 55.5 Å². The van der Waals surface area contributed by atoms with E-state index < -0.39 is 22.4 Å². The van der Waals surface area contributed by atoms with E-state index in [4.69, 9.17) is 4.74 Å². The van der Waals surface area contributed by atoms with Gasteiger partial charge in [-0.2, -0.15) is 0 Å². The summed E-state index contributed by atoms with van der Waals surface area (Å²) in [5.74, 6) is -0.633. The van der Waals surface area contributed by atoms with Gasteiger partial charge in [0.05, 0.1) is 0 Å². The molecule has 4 rings (SSSR count). The molecule has 0 aliphatic carbocycles. The van der Waals surface area contributed by atoms with E-state index in [1.54, 1.807) is 115 Å². The average Bonchev–Trinajstić information content (AvgIpc) is 3.17. The molecule has 0 aliphatic rings. The number of ketones is 4. The van der Waals surface area contributed by atoms with E-state index in [-0.39, 0.29) is 23.1 Å². The second-order valence-electron chi connectivity index (χ2n) is 14.1. The summed E-state index contributed by atoms with van der Waals surface area (Å²) in [7, 11) is 1.54. The number of carbonyl (C=O) groups is 4. The first-order valence-electron chi connectivity index (χ1n) is 17.9. The summed E-state index contributed by atoms with van der Waals surface area (Å²) in [6.45, 7) is 13.5. The van der Waals surface area contributed by atoms with E-state index in [0.717, 1.165) is 12.8 Å². The van der Waals surface area contributed by atoms with E-state index in [2.05, 4.69) is 0 Å². The molecule has 286 valence electrons. The predicted octanol–water partition coefficient (Wildman–Crippen LogP) is 8.78. The quantitative estimate of drug-likeness (QED) is 0.116. The Kier molecular flexibility index (Phi) is 19.1. The van der Waals surface area contributed by atoms with Crippen molar-refractivity contribution in [1.82, 2.24) is 0 Å². The molecular weight excluding hydrogens is 668 g/mol. The molecular formula is C45H58O8. The molecule has 0 saturated heterocycles. The third kappa shape index (κ3) is 15.9. The summed E-state index contributed by atoms with van der Waals surface area (Å²) in [5, 5.41) is 29.1. The van der Waals surface area contributed by atoms with E-state index in [9.17, 15) is 34.5 Å². The molecule has 2 atom stereocenters. The number of hydrogen-bond acceptors (Lipinski definition) is 8. The van der Waals surface area contributed by atoms with Crippen molar-refractivity contribution in [3.8, 4) is 0 Å². The van der Waals surface area contributed by atoms with Crippen LogP contribution < -0.4 is 0 Å². The number of ether oxygens (including phenoxy) is 1. The minimum Gasteiger partial charge on any atom is -0.382 e. The van der Waals surface area contributed by atoms with Crippen LogP contribution in [0.2, 0.25) is 0 Å². The third-order valence-corrected chi connectivity index (χ3v) is 8.44. The lowest BCUT2D eigenvalue weighted by Gasteiger charge is -2.21. The van der Waals surface area contributed by atoms with Crippen molar-refractivity contribution >= 4 is 23.1 Å². The average molecular weight is 727 g/mol. The number of aliphatic hydroxyl groups is 3. The Labute approximate surface area is 315 Å². The van der Waals surface area contributed by atoms with Gasteiger partial charge in [-0.15, -0.1) is 0 Å². The van der Waals surface area contributed by atoms with Crippen molar-refractivity contribution in [1.29, 1.82) is 0 Å². The first kappa shape index (κ1) is 46.4. The van der Waals surface area contributed by atoms with Gasteiger partial charge in [-0.25, -0.2) is 0 Å². The minimum atomic E-state index is -1.28. The summed E-state index contributed by atoms with van der Waals surface area (Å²) in [6.07, 6.45) is 2.81. The lowest BCUT2D eigenvalue weighted by molar-refractivity contribution is 0.0228. The number of rotatable bonds is 13. The van der Waals surface area contributed by atoms with Crippen molar-refractivity contribution in [2.75, 3.05) is 7.11 Å². The highest BCUT2D eigenvalue weighted by atomic mass is 16.5. The molecule has 0 aromatic heterocycles. The second-order valence-corrected chi connectivity index (χ2v) is 14.1. The number of hydrogen-bond donors (Lipinski definition) is 3. The molecule has 4 aromatic rings. The molecule has 0 amide bonds. The fourth-order valence-corrected chi connectivity index (χ4v) is 4.57. The molecule has 0 fully saturated rings. The SMILES string of the molecule is CC(C)(O)C(=O)c1ccccc1.CCC(C)(O)C(=O)c1ccccc1.CCCCC(C)(O)C(=O)c1ccccc1.COC(C)(C)C(=O)c1ccccc1. The number of Topliss-reactive ketones (excluding diaryl/α,β-unsaturated/α-hetero) is 4. The van der Waals surface area contributed by atoms with Crippen LogP contribution in [0, 0.1) is 0 Å². The molecule has 3 N–H and O–H groups in total. The Morgan fingerprint density at radius 3 is 1.08 bits per heavy atom. The molecule has 0 aliphatic heterocycles. The smallest absolute Gasteiger partial charge is 0.194 e. The first-order chi connectivity index (χ1) is 24.7. The van der Waals surface area contributed by atoms with Crippen LogP contribution in [0.4, 0.5) is 0 Å². The summed E-state index contributed by atoms with van der Waals surface area (Å²) in [4.78, 5) is 46.8. The third-order valence-electron chi connectivity index (χ3n) is 8.44. The molecule has 0 spiro atoms. The number of carbonyl (C=O) groups excluding carboxylic acids is 4. The van der Waals surface area contributed by atoms with Crippen molar-refractivity contribution in [2.24, 2.45) is 0 Å². The van der Waals surface area contributed by atoms with E-state index >= 15 is 0 Å². The van der Waals surface area contributed by atoms with Crippen LogP contribution >= 0.6 is 0 Å². The maximum absolute atomic E-state index is 11.9. The fourth-order valence-electron chi connectivity index (χ4n) is 4.57. The van der Waals surface area contributed by atoms with Gasteiger partial charge in [-0.3, -0.25) is 19.2 Å². The van der Waals surface area contributed by atoms with Crippen LogP contribution in [0.3, 0.4) is 0 Å². The largest absolute Gasteiger partial charge is 0.382 e. The standard InChI is InChI=1S/C13H18O2.2C11H14O2.C10H12O2/c1-3-4-10-13(2,15)12(14)11-8-6-5-7-9-11;1-11(2,13-3)10(12)9-7-5-4-6-8-9;1-3-11(2,13)10(12)9-7-5-4-6-8-9;1-10(2,12)9(11)8-6-4-3-5-7-8/h5-9,15H,3-4,10H2,1-2H3;4-8H,1-3H3;4-8,13H,3H2,1-2H3;3-7,12H,1-2H3. The molecule has 0 bridgehead atoms. The van der Waals surface area contributed by atoms with Crippen molar-refractivity contribution in [2.45, 2.75) is 103 Å². The van der Waals surface area contributed by atoms with Crippen molar-refractivity contribution in [3.63, 3.8) is 0 Å². The lowest BCUT2D eigenvalue weighted by atomic mass is 9.90. The zero-order valence-electron chi connectivity index (χ0n) is 32.8. The van der Waals surface area contributed by atoms with Crippen LogP contribution in [-0.4, -0.2) is 68.0 Å². The molecule has 0 saturated carbocycles. The van der Waals surface area contributed by atoms with E-state index in [0.29, 0.717) is 35.1 Å². The van der Waals surface area contributed by atoms with Gasteiger partial charge in [0.1, 0.15) is 22.4 Å². The zero-order chi connectivity index (χ0) is 40.3. The first-order valence-corrected chi connectivity index (χ1v) is 17.9. The van der Waals surface area contributed by atoms with Gasteiger partial charge in [-0.1, -0.05) is 148 Å². The van der Waals surface area contributed by atoms with Crippen LogP contribution in [-0.2, 0) is 4.74 Å². The molecule has 4 aromatic carbocycles. The monoisotopic (exact) mass is 726 g/mol. The van der Waals surface area contributed by atoms with Gasteiger partial charge in [0.15, 0.2) is 23.1 Å². The highest BCUT2D eigenvalue weighted by Crippen LogP contribution is 2.20. The Balaban J connectivity index is 0.000000354. The van der Waals surface area contributed by atoms with Gasteiger partial charge < -0.3 is 20.1 Å². The highest BCUT2D eigenvalue weighted by molar-refractivity contribution is 6.03. The molecule has 53 heavy (non-hydrogen) atoms. The topological polar surface area (TPSA) is 138 Å². The molecule has 8 nitrogen and oxygen atoms in total. The number of unbranched alkanes of at least 4 members (excludes halogenated alkanes) is 1. The van der Waals surface area contributed by atoms with Crippen LogP contribution in [0.25, 0.3) is 0 Å². The second kappa shape index (κ2) is 21.8. The fraction of sp³-hybridized carbons (Fsp3) is 0.378. The van der Waals surface area contributed by atoms with Gasteiger partial charge in [0.2, 0.25) is 0 Å². The van der Waals surface area contributed by atoms with Crippen molar-refractivity contribution < 1.29 is 39.2 Å². The van der Waals surface area contributed by atoms with Gasteiger partial charge in [0, 0.05) is 29.4 Å². The maximum Gasteiger partial charge on any atom is 0.194 e. The lowest BCUT2D eigenvalue weighted by Crippen LogP contribution is -2.35. The minimum absolute atomic E-state index is 0.00981. The van der Waals surface area contributed by atoms with Gasteiger partial charge in [-0.05, 0) is 54.4 Å². The number of benzene rings is 4. The highest BCUT2D eigenvalue weighted by Gasteiger charge is 2.31. The predicted molar refractivity (Wildman–Crippen MR) is 212 cm³/mol. The Hall–Kier alpha value is -4.60. The normalized spacial score (nSPS) is 13.1. The maximum atomic E-state index is 11.9. The Morgan fingerprint density at radius 2 is 0.792 bits per heavy atom. The molecule has 0 heterocycles. The summed E-state index contributed by atoms with van der Waals surface area (Å²) in [6, 6.07) is 35.8. The summed E-state index contributed by atoms with van der Waals surface area (Å²) >= 11 is 0. The Bertz CT molecular complexity index is 1610. The van der Waals surface area contributed by atoms with Crippen LogP contribution in [0.1, 0.15) is 123 Å². The summed E-state index contributed by atoms with van der Waals surface area (Å²) < 4.78 is 5.10. The van der Waals surface area contributed by atoms with Gasteiger partial charge >= 0.3 is 0 Å². The number of methoxy groups -OCH3 is 1. The summed E-state index contributed by atoms with van der Waals surface area (Å²) in [5.41, 5.74) is -2.09. The van der Waals surface area contributed by atoms with Crippen molar-refractivity contribution in [3.05, 3.63) is 144 Å². The van der Waals surface area contributed by atoms with Crippen LogP contribution in [0.5, 0.6) is 0 Å². The van der Waals surface area contributed by atoms with Crippen LogP contribution in [0.15, 0.2) is 121 Å². The Morgan fingerprint density at radius 1 is 0.491 bits per heavy atom.